The highest BCUT2D eigenvalue weighted by atomic mass is 19.1. The number of carbonyl (C=O) groups is 2. The van der Waals surface area contributed by atoms with E-state index in [1.807, 2.05) is 6.92 Å². The Kier molecular flexibility index (Phi) is 5.53. The number of anilines is 2. The Balaban J connectivity index is 2.42. The van der Waals surface area contributed by atoms with Gasteiger partial charge >= 0.3 is 5.97 Å². The van der Waals surface area contributed by atoms with E-state index < -0.39 is 29.9 Å². The maximum Gasteiger partial charge on any atom is 0.342 e. The van der Waals surface area contributed by atoms with Crippen molar-refractivity contribution in [2.75, 3.05) is 11.9 Å². The largest absolute Gasteiger partial charge is 0.452 e. The molecule has 1 aromatic carbocycles. The zero-order valence-corrected chi connectivity index (χ0v) is 13.8. The second kappa shape index (κ2) is 7.61. The Hall–Kier alpha value is -3.16. The molecule has 0 bridgehead atoms. The van der Waals surface area contributed by atoms with Crippen molar-refractivity contribution in [3.8, 4) is 0 Å². The van der Waals surface area contributed by atoms with Crippen LogP contribution in [0, 0.1) is 5.82 Å². The Morgan fingerprint density at radius 1 is 1.28 bits per heavy atom. The molecular weight excluding hydrogens is 329 g/mol. The molecule has 3 N–H and O–H groups in total. The molecule has 0 atom stereocenters. The third-order valence-electron chi connectivity index (χ3n) is 3.57. The molecule has 7 nitrogen and oxygen atoms in total. The first-order chi connectivity index (χ1) is 11.8. The van der Waals surface area contributed by atoms with E-state index in [9.17, 15) is 18.8 Å². The number of ether oxygens (including phenoxy) is 1. The monoisotopic (exact) mass is 347 g/mol. The summed E-state index contributed by atoms with van der Waals surface area (Å²) in [6, 6.07) is 7.03. The minimum absolute atomic E-state index is 0.0256. The molecule has 0 saturated heterocycles. The van der Waals surface area contributed by atoms with Crippen LogP contribution >= 0.6 is 0 Å². The van der Waals surface area contributed by atoms with Crippen LogP contribution in [0.5, 0.6) is 0 Å². The van der Waals surface area contributed by atoms with Gasteiger partial charge in [0.25, 0.3) is 11.5 Å². The minimum Gasteiger partial charge on any atom is -0.452 e. The van der Waals surface area contributed by atoms with Gasteiger partial charge in [0.2, 0.25) is 0 Å². The molecule has 2 aromatic rings. The van der Waals surface area contributed by atoms with Crippen molar-refractivity contribution >= 4 is 23.4 Å². The number of nitrogens with one attached hydrogen (secondary N) is 1. The van der Waals surface area contributed by atoms with Crippen LogP contribution in [0.25, 0.3) is 0 Å². The first-order valence-corrected chi connectivity index (χ1v) is 7.54. The standard InChI is InChI=1S/C17H18FN3O4/c1-3-10-4-6-13(12(18)8-10)20-16-11(5-7-15(23)21(16)2)17(24)25-9-14(19)22/h4-8,20H,3,9H2,1-2H3,(H2,19,22). The normalized spacial score (nSPS) is 10.4. The average molecular weight is 347 g/mol. The van der Waals surface area contributed by atoms with E-state index in [0.717, 1.165) is 10.1 Å². The van der Waals surface area contributed by atoms with E-state index in [1.165, 1.54) is 31.3 Å². The topological polar surface area (TPSA) is 103 Å². The highest BCUT2D eigenvalue weighted by Crippen LogP contribution is 2.23. The third-order valence-corrected chi connectivity index (χ3v) is 3.57. The molecule has 0 aliphatic heterocycles. The van der Waals surface area contributed by atoms with Crippen LogP contribution in [0.1, 0.15) is 22.8 Å². The summed E-state index contributed by atoms with van der Waals surface area (Å²) in [5.41, 5.74) is 5.43. The first kappa shape index (κ1) is 18.2. The number of pyridine rings is 1. The predicted octanol–water partition coefficient (Wildman–Crippen LogP) is 1.47. The number of hydrogen-bond donors (Lipinski definition) is 2. The molecule has 1 aromatic heterocycles. The maximum absolute atomic E-state index is 14.2. The van der Waals surface area contributed by atoms with Crippen molar-refractivity contribution in [3.63, 3.8) is 0 Å². The molecular formula is C17H18FN3O4. The lowest BCUT2D eigenvalue weighted by Gasteiger charge is -2.15. The zero-order valence-electron chi connectivity index (χ0n) is 13.8. The predicted molar refractivity (Wildman–Crippen MR) is 90.2 cm³/mol. The van der Waals surface area contributed by atoms with Crippen molar-refractivity contribution in [3.05, 3.63) is 57.6 Å². The van der Waals surface area contributed by atoms with E-state index >= 15 is 0 Å². The number of nitrogens with two attached hydrogens (primary N) is 1. The Labute approximate surface area is 143 Å². The summed E-state index contributed by atoms with van der Waals surface area (Å²) in [4.78, 5) is 34.8. The molecule has 0 aliphatic carbocycles. The molecule has 0 spiro atoms. The molecule has 25 heavy (non-hydrogen) atoms. The fourth-order valence-electron chi connectivity index (χ4n) is 2.17. The Morgan fingerprint density at radius 3 is 2.60 bits per heavy atom. The number of rotatable bonds is 6. The average Bonchev–Trinajstić information content (AvgIpc) is 2.58. The summed E-state index contributed by atoms with van der Waals surface area (Å²) in [5.74, 6) is -2.14. The Morgan fingerprint density at radius 2 is 2.00 bits per heavy atom. The zero-order chi connectivity index (χ0) is 18.6. The number of amides is 1. The van der Waals surface area contributed by atoms with E-state index in [0.29, 0.717) is 6.42 Å². The molecule has 1 heterocycles. The number of aryl methyl sites for hydroxylation is 1. The van der Waals surface area contributed by atoms with Gasteiger partial charge in [-0.2, -0.15) is 0 Å². The molecule has 2 rings (SSSR count). The fraction of sp³-hybridized carbons (Fsp3) is 0.235. The van der Waals surface area contributed by atoms with Crippen LogP contribution in [0.15, 0.2) is 35.1 Å². The van der Waals surface area contributed by atoms with Crippen LogP contribution in [-0.4, -0.2) is 23.1 Å². The van der Waals surface area contributed by atoms with Gasteiger partial charge in [-0.25, -0.2) is 9.18 Å². The SMILES string of the molecule is CCc1ccc(Nc2c(C(=O)OCC(N)=O)ccc(=O)n2C)c(F)c1. The second-order valence-corrected chi connectivity index (χ2v) is 5.33. The van der Waals surface area contributed by atoms with E-state index in [1.54, 1.807) is 6.07 Å². The van der Waals surface area contributed by atoms with Crippen molar-refractivity contribution in [2.24, 2.45) is 12.8 Å². The van der Waals surface area contributed by atoms with Crippen LogP contribution < -0.4 is 16.6 Å². The second-order valence-electron chi connectivity index (χ2n) is 5.33. The van der Waals surface area contributed by atoms with E-state index in [-0.39, 0.29) is 17.1 Å². The van der Waals surface area contributed by atoms with Gasteiger partial charge in [0.15, 0.2) is 6.61 Å². The summed E-state index contributed by atoms with van der Waals surface area (Å²) in [6.07, 6.45) is 0.672. The highest BCUT2D eigenvalue weighted by Gasteiger charge is 2.18. The van der Waals surface area contributed by atoms with Gasteiger partial charge in [-0.3, -0.25) is 14.2 Å². The smallest absolute Gasteiger partial charge is 0.342 e. The number of halogens is 1. The number of benzene rings is 1. The molecule has 132 valence electrons. The van der Waals surface area contributed by atoms with Gasteiger partial charge in [-0.05, 0) is 30.2 Å². The summed E-state index contributed by atoms with van der Waals surface area (Å²) in [6.45, 7) is 1.30. The first-order valence-electron chi connectivity index (χ1n) is 7.54. The number of aromatic nitrogens is 1. The molecule has 0 fully saturated rings. The molecule has 0 unspecified atom stereocenters. The summed E-state index contributed by atoms with van der Waals surface area (Å²) < 4.78 is 20.1. The maximum atomic E-state index is 14.2. The van der Waals surface area contributed by atoms with Crippen LogP contribution in [0.2, 0.25) is 0 Å². The quantitative estimate of drug-likeness (QED) is 0.770. The Bertz CT molecular complexity index is 877. The molecule has 8 heteroatoms. The minimum atomic E-state index is -0.859. The number of esters is 1. The van der Waals surface area contributed by atoms with Gasteiger partial charge in [0, 0.05) is 13.1 Å². The van der Waals surface area contributed by atoms with Crippen LogP contribution in [0.3, 0.4) is 0 Å². The van der Waals surface area contributed by atoms with Crippen molar-refractivity contribution in [2.45, 2.75) is 13.3 Å². The van der Waals surface area contributed by atoms with Gasteiger partial charge in [0.05, 0.1) is 5.69 Å². The van der Waals surface area contributed by atoms with Crippen molar-refractivity contribution < 1.29 is 18.7 Å². The lowest BCUT2D eigenvalue weighted by molar-refractivity contribution is -0.121. The lowest BCUT2D eigenvalue weighted by Crippen LogP contribution is -2.25. The van der Waals surface area contributed by atoms with Crippen molar-refractivity contribution in [1.29, 1.82) is 0 Å². The number of primary amides is 1. The van der Waals surface area contributed by atoms with E-state index in [4.69, 9.17) is 10.5 Å². The summed E-state index contributed by atoms with van der Waals surface area (Å²) in [7, 11) is 1.42. The van der Waals surface area contributed by atoms with Crippen molar-refractivity contribution in [1.82, 2.24) is 4.57 Å². The summed E-state index contributed by atoms with van der Waals surface area (Å²) in [5, 5.41) is 2.74. The molecule has 0 radical (unpaired) electrons. The number of hydrogen-bond acceptors (Lipinski definition) is 5. The number of carbonyl (C=O) groups excluding carboxylic acids is 2. The molecule has 0 aliphatic rings. The van der Waals surface area contributed by atoms with E-state index in [2.05, 4.69) is 5.32 Å². The molecule has 0 saturated carbocycles. The van der Waals surface area contributed by atoms with Gasteiger partial charge < -0.3 is 15.8 Å². The summed E-state index contributed by atoms with van der Waals surface area (Å²) >= 11 is 0. The lowest BCUT2D eigenvalue weighted by atomic mass is 10.1. The van der Waals surface area contributed by atoms with Gasteiger partial charge in [-0.1, -0.05) is 13.0 Å². The van der Waals surface area contributed by atoms with Crippen LogP contribution in [-0.2, 0) is 23.0 Å². The number of nitrogens with zero attached hydrogens (tertiary/aromatic N) is 1. The fourth-order valence-corrected chi connectivity index (χ4v) is 2.17. The van der Waals surface area contributed by atoms with Gasteiger partial charge in [0.1, 0.15) is 17.2 Å². The van der Waals surface area contributed by atoms with Crippen LogP contribution in [0.4, 0.5) is 15.9 Å². The van der Waals surface area contributed by atoms with Gasteiger partial charge in [-0.15, -0.1) is 0 Å². The highest BCUT2D eigenvalue weighted by molar-refractivity contribution is 5.96. The molecule has 1 amide bonds. The third kappa shape index (κ3) is 4.23.